The van der Waals surface area contributed by atoms with Crippen molar-refractivity contribution in [2.45, 2.75) is 32.6 Å². The minimum absolute atomic E-state index is 0.140. The van der Waals surface area contributed by atoms with E-state index in [0.29, 0.717) is 11.7 Å². The average molecular weight is 410 g/mol. The zero-order chi connectivity index (χ0) is 20.4. The van der Waals surface area contributed by atoms with Crippen LogP contribution in [0.3, 0.4) is 0 Å². The molecule has 10 heteroatoms. The molecule has 2 rings (SSSR count). The molecule has 0 radical (unpaired) electrons. The Morgan fingerprint density at radius 3 is 2.71 bits per heavy atom. The number of benzene rings is 1. The van der Waals surface area contributed by atoms with E-state index in [1.165, 1.54) is 37.5 Å². The van der Waals surface area contributed by atoms with E-state index < -0.39 is 10.8 Å². The SMILES string of the molecule is CCOc1cc([N+](=O)[O-])ccc1C(=O)NNC(=S)NCCCN1CCCCC1. The molecule has 0 spiro atoms. The maximum atomic E-state index is 12.3. The Labute approximate surface area is 169 Å². The van der Waals surface area contributed by atoms with Crippen molar-refractivity contribution in [3.63, 3.8) is 0 Å². The highest BCUT2D eigenvalue weighted by Gasteiger charge is 2.17. The average Bonchev–Trinajstić information content (AvgIpc) is 2.70. The summed E-state index contributed by atoms with van der Waals surface area (Å²) in [6, 6.07) is 3.85. The Bertz CT molecular complexity index is 695. The molecule has 1 heterocycles. The number of hydrazine groups is 1. The van der Waals surface area contributed by atoms with Gasteiger partial charge in [-0.15, -0.1) is 0 Å². The number of ether oxygens (including phenoxy) is 1. The van der Waals surface area contributed by atoms with Gasteiger partial charge in [-0.05, 0) is 64.1 Å². The number of nitrogens with one attached hydrogen (secondary N) is 3. The summed E-state index contributed by atoms with van der Waals surface area (Å²) in [4.78, 5) is 25.1. The molecule has 154 valence electrons. The molecule has 0 saturated carbocycles. The third-order valence-electron chi connectivity index (χ3n) is 4.40. The fourth-order valence-electron chi connectivity index (χ4n) is 3.00. The first-order valence-electron chi connectivity index (χ1n) is 9.49. The summed E-state index contributed by atoms with van der Waals surface area (Å²) in [5, 5.41) is 14.3. The van der Waals surface area contributed by atoms with Crippen LogP contribution in [0.2, 0.25) is 0 Å². The number of rotatable bonds is 8. The zero-order valence-corrected chi connectivity index (χ0v) is 16.8. The van der Waals surface area contributed by atoms with E-state index in [-0.39, 0.29) is 23.6 Å². The first-order chi connectivity index (χ1) is 13.5. The number of piperidine rings is 1. The molecular weight excluding hydrogens is 382 g/mol. The van der Waals surface area contributed by atoms with Crippen molar-refractivity contribution in [2.75, 3.05) is 32.8 Å². The predicted octanol–water partition coefficient (Wildman–Crippen LogP) is 1.98. The second-order valence-electron chi connectivity index (χ2n) is 6.46. The quantitative estimate of drug-likeness (QED) is 0.259. The Morgan fingerprint density at radius 1 is 1.29 bits per heavy atom. The first-order valence-corrected chi connectivity index (χ1v) is 9.90. The highest BCUT2D eigenvalue weighted by Crippen LogP contribution is 2.24. The van der Waals surface area contributed by atoms with Crippen molar-refractivity contribution in [3.05, 3.63) is 33.9 Å². The van der Waals surface area contributed by atoms with Gasteiger partial charge in [-0.2, -0.15) is 0 Å². The van der Waals surface area contributed by atoms with Gasteiger partial charge in [0.15, 0.2) is 5.11 Å². The van der Waals surface area contributed by atoms with Crippen LogP contribution in [0.15, 0.2) is 18.2 Å². The van der Waals surface area contributed by atoms with Gasteiger partial charge < -0.3 is 15.0 Å². The second kappa shape index (κ2) is 11.4. The third kappa shape index (κ3) is 6.93. The lowest BCUT2D eigenvalue weighted by Crippen LogP contribution is -2.47. The molecule has 1 aliphatic rings. The van der Waals surface area contributed by atoms with Crippen molar-refractivity contribution >= 4 is 28.9 Å². The van der Waals surface area contributed by atoms with Crippen LogP contribution in [0.25, 0.3) is 0 Å². The molecule has 1 amide bonds. The number of hydrogen-bond donors (Lipinski definition) is 3. The Hall–Kier alpha value is -2.46. The number of carbonyl (C=O) groups is 1. The first kappa shape index (κ1) is 21.8. The molecule has 1 aliphatic heterocycles. The molecule has 0 aliphatic carbocycles. The summed E-state index contributed by atoms with van der Waals surface area (Å²) in [6.45, 7) is 6.09. The number of nitro benzene ring substituents is 1. The lowest BCUT2D eigenvalue weighted by molar-refractivity contribution is -0.384. The van der Waals surface area contributed by atoms with Gasteiger partial charge in [-0.25, -0.2) is 0 Å². The van der Waals surface area contributed by atoms with Gasteiger partial charge in [0, 0.05) is 12.6 Å². The van der Waals surface area contributed by atoms with Crippen LogP contribution in [0.1, 0.15) is 43.0 Å². The van der Waals surface area contributed by atoms with E-state index >= 15 is 0 Å². The molecule has 1 aromatic rings. The van der Waals surface area contributed by atoms with Crippen LogP contribution in [0, 0.1) is 10.1 Å². The molecule has 9 nitrogen and oxygen atoms in total. The molecule has 0 aromatic heterocycles. The van der Waals surface area contributed by atoms with Crippen LogP contribution in [-0.4, -0.2) is 53.6 Å². The standard InChI is InChI=1S/C18H27N5O4S/c1-2-27-16-13-14(23(25)26)7-8-15(16)17(24)20-21-18(28)19-9-6-12-22-10-4-3-5-11-22/h7-8,13H,2-6,9-12H2,1H3,(H,20,24)(H2,19,21,28). The zero-order valence-electron chi connectivity index (χ0n) is 16.0. The number of non-ortho nitro benzene ring substituents is 1. The van der Waals surface area contributed by atoms with Crippen molar-refractivity contribution < 1.29 is 14.5 Å². The van der Waals surface area contributed by atoms with E-state index in [1.807, 2.05) is 0 Å². The van der Waals surface area contributed by atoms with Crippen molar-refractivity contribution in [1.82, 2.24) is 21.1 Å². The number of carbonyl (C=O) groups excluding carboxylic acids is 1. The summed E-state index contributed by atoms with van der Waals surface area (Å²) < 4.78 is 5.35. The Kier molecular flexibility index (Phi) is 8.89. The fourth-order valence-corrected chi connectivity index (χ4v) is 3.15. The summed E-state index contributed by atoms with van der Waals surface area (Å²) in [6.07, 6.45) is 4.83. The van der Waals surface area contributed by atoms with E-state index in [0.717, 1.165) is 26.1 Å². The van der Waals surface area contributed by atoms with Gasteiger partial charge in [0.25, 0.3) is 11.6 Å². The topological polar surface area (TPSA) is 109 Å². The summed E-state index contributed by atoms with van der Waals surface area (Å²) in [5.74, 6) is -0.341. The number of nitro groups is 1. The molecule has 1 saturated heterocycles. The molecular formula is C18H27N5O4S. The molecule has 0 unspecified atom stereocenters. The van der Waals surface area contributed by atoms with Crippen molar-refractivity contribution in [1.29, 1.82) is 0 Å². The van der Waals surface area contributed by atoms with Crippen molar-refractivity contribution in [2.24, 2.45) is 0 Å². The third-order valence-corrected chi connectivity index (χ3v) is 4.64. The van der Waals surface area contributed by atoms with E-state index in [2.05, 4.69) is 21.1 Å². The Morgan fingerprint density at radius 2 is 2.04 bits per heavy atom. The van der Waals surface area contributed by atoms with Gasteiger partial charge in [0.05, 0.1) is 23.2 Å². The van der Waals surface area contributed by atoms with E-state index in [4.69, 9.17) is 17.0 Å². The van der Waals surface area contributed by atoms with Crippen LogP contribution in [0.4, 0.5) is 5.69 Å². The largest absolute Gasteiger partial charge is 0.493 e. The minimum Gasteiger partial charge on any atom is -0.493 e. The van der Waals surface area contributed by atoms with Crippen molar-refractivity contribution in [3.8, 4) is 5.75 Å². The monoisotopic (exact) mass is 409 g/mol. The van der Waals surface area contributed by atoms with Crippen LogP contribution in [0.5, 0.6) is 5.75 Å². The molecule has 1 fully saturated rings. The minimum atomic E-state index is -0.536. The van der Waals surface area contributed by atoms with E-state index in [9.17, 15) is 14.9 Å². The molecule has 28 heavy (non-hydrogen) atoms. The van der Waals surface area contributed by atoms with Crippen LogP contribution in [-0.2, 0) is 0 Å². The lowest BCUT2D eigenvalue weighted by atomic mass is 10.1. The lowest BCUT2D eigenvalue weighted by Gasteiger charge is -2.26. The molecule has 1 aromatic carbocycles. The van der Waals surface area contributed by atoms with Gasteiger partial charge in [0.1, 0.15) is 5.75 Å². The number of amides is 1. The molecule has 3 N–H and O–H groups in total. The number of thiocarbonyl (C=S) groups is 1. The highest BCUT2D eigenvalue weighted by molar-refractivity contribution is 7.80. The van der Waals surface area contributed by atoms with Gasteiger partial charge in [-0.3, -0.25) is 25.8 Å². The second-order valence-corrected chi connectivity index (χ2v) is 6.87. The number of nitrogens with zero attached hydrogens (tertiary/aromatic N) is 2. The van der Waals surface area contributed by atoms with E-state index in [1.54, 1.807) is 6.92 Å². The Balaban J connectivity index is 1.76. The van der Waals surface area contributed by atoms with Gasteiger partial charge >= 0.3 is 0 Å². The fraction of sp³-hybridized carbons (Fsp3) is 0.556. The maximum absolute atomic E-state index is 12.3. The molecule has 0 bridgehead atoms. The maximum Gasteiger partial charge on any atom is 0.273 e. The van der Waals surface area contributed by atoms with Crippen LogP contribution < -0.4 is 20.9 Å². The summed E-state index contributed by atoms with van der Waals surface area (Å²) >= 11 is 5.16. The predicted molar refractivity (Wildman–Crippen MR) is 110 cm³/mol. The summed E-state index contributed by atoms with van der Waals surface area (Å²) in [7, 11) is 0. The van der Waals surface area contributed by atoms with Gasteiger partial charge in [-0.1, -0.05) is 6.42 Å². The summed E-state index contributed by atoms with van der Waals surface area (Å²) in [5.41, 5.74) is 5.18. The number of likely N-dealkylation sites (tertiary alicyclic amines) is 1. The number of hydrogen-bond acceptors (Lipinski definition) is 6. The van der Waals surface area contributed by atoms with Crippen LogP contribution >= 0.6 is 12.2 Å². The molecule has 0 atom stereocenters. The van der Waals surface area contributed by atoms with Gasteiger partial charge in [0.2, 0.25) is 0 Å². The highest BCUT2D eigenvalue weighted by atomic mass is 32.1. The smallest absolute Gasteiger partial charge is 0.273 e. The normalized spacial score (nSPS) is 14.2.